The van der Waals surface area contributed by atoms with Gasteiger partial charge in [0.2, 0.25) is 0 Å². The number of nitrogens with zero attached hydrogens (tertiary/aromatic N) is 1. The molecule has 0 bridgehead atoms. The maximum Gasteiger partial charge on any atom is 0.413 e. The number of para-hydroxylation sites is 2. The number of anilines is 1. The van der Waals surface area contributed by atoms with E-state index in [1.165, 1.54) is 7.11 Å². The summed E-state index contributed by atoms with van der Waals surface area (Å²) >= 11 is 23.1. The molecule has 0 unspecified atom stereocenters. The molecule has 5 nitrogen and oxygen atoms in total. The highest BCUT2D eigenvalue weighted by Crippen LogP contribution is 2.29. The van der Waals surface area contributed by atoms with Crippen molar-refractivity contribution in [3.05, 3.63) is 57.0 Å². The second-order valence-corrected chi connectivity index (χ2v) is 6.26. The third-order valence-corrected chi connectivity index (χ3v) is 4.19. The van der Waals surface area contributed by atoms with Gasteiger partial charge in [0.15, 0.2) is 5.11 Å². The number of nitrogens with one attached hydrogen (secondary N) is 2. The van der Waals surface area contributed by atoms with Gasteiger partial charge in [-0.05, 0) is 36.5 Å². The number of amides is 1. The third kappa shape index (κ3) is 5.57. The molecule has 25 heavy (non-hydrogen) atoms. The summed E-state index contributed by atoms with van der Waals surface area (Å²) < 4.78 is 4.48. The number of halogens is 3. The van der Waals surface area contributed by atoms with Crippen LogP contribution >= 0.6 is 47.0 Å². The minimum absolute atomic E-state index is 0.0852. The Morgan fingerprint density at radius 2 is 1.84 bits per heavy atom. The Hall–Kier alpha value is -1.86. The summed E-state index contributed by atoms with van der Waals surface area (Å²) in [6, 6.07) is 10.3. The molecule has 0 radical (unpaired) electrons. The number of ether oxygens (including phenoxy) is 1. The van der Waals surface area contributed by atoms with E-state index in [2.05, 4.69) is 20.4 Å². The van der Waals surface area contributed by atoms with Gasteiger partial charge < -0.3 is 10.1 Å². The molecular formula is C16H12Cl3N3O2S. The molecule has 0 aliphatic carbocycles. The third-order valence-electron chi connectivity index (χ3n) is 2.94. The van der Waals surface area contributed by atoms with E-state index in [0.717, 1.165) is 0 Å². The van der Waals surface area contributed by atoms with Gasteiger partial charge in [-0.1, -0.05) is 46.9 Å². The lowest BCUT2D eigenvalue weighted by Gasteiger charge is -2.10. The number of carbonyl (C=O) groups is 1. The smallest absolute Gasteiger partial charge is 0.413 e. The van der Waals surface area contributed by atoms with E-state index in [-0.39, 0.29) is 5.11 Å². The zero-order valence-electron chi connectivity index (χ0n) is 12.8. The summed E-state index contributed by atoms with van der Waals surface area (Å²) in [6.07, 6.45) is 0.892. The summed E-state index contributed by atoms with van der Waals surface area (Å²) in [5.74, 6) is 0. The fourth-order valence-corrected chi connectivity index (χ4v) is 2.56. The van der Waals surface area contributed by atoms with Crippen LogP contribution in [0.3, 0.4) is 0 Å². The molecule has 0 aromatic heterocycles. The Labute approximate surface area is 164 Å². The molecule has 2 N–H and O–H groups in total. The molecule has 1 amide bonds. The van der Waals surface area contributed by atoms with E-state index in [1.54, 1.807) is 36.5 Å². The van der Waals surface area contributed by atoms with Gasteiger partial charge in [-0.25, -0.2) is 4.79 Å². The monoisotopic (exact) mass is 415 g/mol. The predicted molar refractivity (Wildman–Crippen MR) is 107 cm³/mol. The van der Waals surface area contributed by atoms with Crippen LogP contribution in [0.25, 0.3) is 0 Å². The van der Waals surface area contributed by atoms with Crippen molar-refractivity contribution in [3.63, 3.8) is 0 Å². The molecule has 2 rings (SSSR count). The molecular weight excluding hydrogens is 405 g/mol. The molecule has 0 spiro atoms. The lowest BCUT2D eigenvalue weighted by molar-refractivity contribution is 0.177. The number of carbonyl (C=O) groups excluding carboxylic acids is 1. The van der Waals surface area contributed by atoms with Gasteiger partial charge >= 0.3 is 6.09 Å². The SMILES string of the molecule is COC(=O)NC(=S)Nc1ccccc1/N=C/c1cc(Cl)c(Cl)cc1Cl. The summed E-state index contributed by atoms with van der Waals surface area (Å²) in [6.45, 7) is 0. The number of hydrogen-bond acceptors (Lipinski definition) is 4. The summed E-state index contributed by atoms with van der Waals surface area (Å²) in [5.41, 5.74) is 1.79. The van der Waals surface area contributed by atoms with Gasteiger partial charge in [0.25, 0.3) is 0 Å². The summed E-state index contributed by atoms with van der Waals surface area (Å²) in [7, 11) is 1.25. The van der Waals surface area contributed by atoms with E-state index >= 15 is 0 Å². The number of alkyl carbamates (subject to hydrolysis) is 1. The van der Waals surface area contributed by atoms with Crippen molar-refractivity contribution in [3.8, 4) is 0 Å². The van der Waals surface area contributed by atoms with Crippen molar-refractivity contribution < 1.29 is 9.53 Å². The standard InChI is InChI=1S/C16H12Cl3N3O2S/c1-24-16(23)22-15(25)21-14-5-3-2-4-13(14)20-8-9-6-11(18)12(19)7-10(9)17/h2-8H,1H3,(H2,21,22,23,25)/b20-8+. The second kappa shape index (κ2) is 9.01. The maximum absolute atomic E-state index is 11.2. The molecule has 0 atom stereocenters. The van der Waals surface area contributed by atoms with E-state index in [4.69, 9.17) is 47.0 Å². The Morgan fingerprint density at radius 3 is 2.56 bits per heavy atom. The van der Waals surface area contributed by atoms with Crippen LogP contribution in [0.1, 0.15) is 5.56 Å². The zero-order chi connectivity index (χ0) is 18.4. The van der Waals surface area contributed by atoms with Crippen molar-refractivity contribution in [1.82, 2.24) is 5.32 Å². The van der Waals surface area contributed by atoms with Gasteiger partial charge in [-0.2, -0.15) is 0 Å². The van der Waals surface area contributed by atoms with Gasteiger partial charge in [0.1, 0.15) is 0 Å². The maximum atomic E-state index is 11.2. The largest absolute Gasteiger partial charge is 0.453 e. The number of methoxy groups -OCH3 is 1. The molecule has 0 aliphatic rings. The van der Waals surface area contributed by atoms with E-state index < -0.39 is 6.09 Å². The fraction of sp³-hybridized carbons (Fsp3) is 0.0625. The molecule has 0 aliphatic heterocycles. The van der Waals surface area contributed by atoms with Crippen molar-refractivity contribution in [2.24, 2.45) is 4.99 Å². The number of rotatable bonds is 3. The van der Waals surface area contributed by atoms with Crippen molar-refractivity contribution in [2.75, 3.05) is 12.4 Å². The molecule has 2 aromatic rings. The lowest BCUT2D eigenvalue weighted by atomic mass is 10.2. The molecule has 130 valence electrons. The van der Waals surface area contributed by atoms with Crippen molar-refractivity contribution >= 4 is 75.8 Å². The Morgan fingerprint density at radius 1 is 1.16 bits per heavy atom. The van der Waals surface area contributed by atoms with Crippen LogP contribution in [0.15, 0.2) is 41.4 Å². The lowest BCUT2D eigenvalue weighted by Crippen LogP contribution is -2.33. The molecule has 9 heteroatoms. The minimum atomic E-state index is -0.666. The van der Waals surface area contributed by atoms with E-state index in [9.17, 15) is 4.79 Å². The van der Waals surface area contributed by atoms with Crippen molar-refractivity contribution in [2.45, 2.75) is 0 Å². The quantitative estimate of drug-likeness (QED) is 0.397. The normalized spacial score (nSPS) is 10.6. The first-order chi connectivity index (χ1) is 11.9. The highest BCUT2D eigenvalue weighted by Gasteiger charge is 2.07. The second-order valence-electron chi connectivity index (χ2n) is 4.63. The Bertz CT molecular complexity index is 843. The topological polar surface area (TPSA) is 62.7 Å². The highest BCUT2D eigenvalue weighted by atomic mass is 35.5. The van der Waals surface area contributed by atoms with Crippen molar-refractivity contribution in [1.29, 1.82) is 0 Å². The molecule has 0 saturated carbocycles. The van der Waals surface area contributed by atoms with Crippen LogP contribution in [0.4, 0.5) is 16.2 Å². The van der Waals surface area contributed by atoms with E-state index in [0.29, 0.717) is 32.0 Å². The van der Waals surface area contributed by atoms with Crippen LogP contribution in [-0.2, 0) is 4.74 Å². The molecule has 2 aromatic carbocycles. The van der Waals surface area contributed by atoms with Gasteiger partial charge in [-0.15, -0.1) is 0 Å². The predicted octanol–water partition coefficient (Wildman–Crippen LogP) is 5.45. The molecule has 0 fully saturated rings. The first-order valence-corrected chi connectivity index (χ1v) is 8.38. The first kappa shape index (κ1) is 19.5. The summed E-state index contributed by atoms with van der Waals surface area (Å²) in [5, 5.41) is 6.48. The minimum Gasteiger partial charge on any atom is -0.453 e. The van der Waals surface area contributed by atoms with Crippen LogP contribution in [-0.4, -0.2) is 24.5 Å². The number of aliphatic imine (C=N–C) groups is 1. The van der Waals surface area contributed by atoms with Gasteiger partial charge in [0.05, 0.1) is 33.6 Å². The van der Waals surface area contributed by atoms with E-state index in [1.807, 2.05) is 6.07 Å². The molecule has 0 heterocycles. The number of hydrogen-bond donors (Lipinski definition) is 2. The van der Waals surface area contributed by atoms with Crippen LogP contribution in [0.5, 0.6) is 0 Å². The zero-order valence-corrected chi connectivity index (χ0v) is 15.9. The fourth-order valence-electron chi connectivity index (χ4n) is 1.77. The number of thiocarbonyl (C=S) groups is 1. The first-order valence-electron chi connectivity index (χ1n) is 6.84. The van der Waals surface area contributed by atoms with Gasteiger partial charge in [-0.3, -0.25) is 10.3 Å². The molecule has 0 saturated heterocycles. The average Bonchev–Trinajstić information content (AvgIpc) is 2.58. The number of benzene rings is 2. The van der Waals surface area contributed by atoms with Crippen LogP contribution in [0.2, 0.25) is 15.1 Å². The van der Waals surface area contributed by atoms with Crippen LogP contribution in [0, 0.1) is 0 Å². The Balaban J connectivity index is 2.22. The average molecular weight is 417 g/mol. The van der Waals surface area contributed by atoms with Gasteiger partial charge in [0, 0.05) is 11.8 Å². The summed E-state index contributed by atoms with van der Waals surface area (Å²) in [4.78, 5) is 15.6. The Kier molecular flexibility index (Phi) is 7.01. The highest BCUT2D eigenvalue weighted by molar-refractivity contribution is 7.80. The van der Waals surface area contributed by atoms with Crippen LogP contribution < -0.4 is 10.6 Å².